The van der Waals surface area contributed by atoms with Crippen LogP contribution in [0.15, 0.2) is 24.3 Å². The maximum atomic E-state index is 11.1. The third-order valence-electron chi connectivity index (χ3n) is 2.98. The summed E-state index contributed by atoms with van der Waals surface area (Å²) in [5.41, 5.74) is 2.01. The van der Waals surface area contributed by atoms with Gasteiger partial charge in [0.2, 0.25) is 5.91 Å². The van der Waals surface area contributed by atoms with Gasteiger partial charge in [-0.3, -0.25) is 4.79 Å². The quantitative estimate of drug-likeness (QED) is 0.791. The standard InChI is InChI=1S/C15H25N3O/c1-12(9-10-18(3)4)16-11-14-7-5-6-8-15(14)17-13(2)19/h5-8,12,16H,9-11H2,1-4H3,(H,17,19). The van der Waals surface area contributed by atoms with Gasteiger partial charge < -0.3 is 15.5 Å². The zero-order chi connectivity index (χ0) is 14.3. The Hall–Kier alpha value is -1.39. The Kier molecular flexibility index (Phi) is 6.53. The fourth-order valence-corrected chi connectivity index (χ4v) is 1.82. The van der Waals surface area contributed by atoms with E-state index in [1.165, 1.54) is 6.92 Å². The van der Waals surface area contributed by atoms with E-state index in [-0.39, 0.29) is 5.91 Å². The summed E-state index contributed by atoms with van der Waals surface area (Å²) in [6.45, 7) is 5.56. The fraction of sp³-hybridized carbons (Fsp3) is 0.533. The minimum atomic E-state index is -0.0342. The molecule has 0 saturated carbocycles. The lowest BCUT2D eigenvalue weighted by Gasteiger charge is -2.18. The second-order valence-corrected chi connectivity index (χ2v) is 5.21. The highest BCUT2D eigenvalue weighted by Crippen LogP contribution is 2.14. The molecule has 0 heterocycles. The average Bonchev–Trinajstić information content (AvgIpc) is 2.34. The predicted octanol–water partition coefficient (Wildman–Crippen LogP) is 2.07. The van der Waals surface area contributed by atoms with Crippen LogP contribution in [-0.2, 0) is 11.3 Å². The van der Waals surface area contributed by atoms with Gasteiger partial charge in [-0.1, -0.05) is 18.2 Å². The van der Waals surface area contributed by atoms with E-state index in [2.05, 4.69) is 36.6 Å². The van der Waals surface area contributed by atoms with Crippen molar-refractivity contribution in [2.45, 2.75) is 32.9 Å². The van der Waals surface area contributed by atoms with Crippen LogP contribution in [0.3, 0.4) is 0 Å². The van der Waals surface area contributed by atoms with Gasteiger partial charge >= 0.3 is 0 Å². The summed E-state index contributed by atoms with van der Waals surface area (Å²) >= 11 is 0. The van der Waals surface area contributed by atoms with Gasteiger partial charge in [0, 0.05) is 25.2 Å². The van der Waals surface area contributed by atoms with Crippen LogP contribution >= 0.6 is 0 Å². The number of nitrogens with zero attached hydrogens (tertiary/aromatic N) is 1. The Morgan fingerprint density at radius 2 is 2.00 bits per heavy atom. The maximum absolute atomic E-state index is 11.1. The molecular formula is C15H25N3O. The molecule has 2 N–H and O–H groups in total. The lowest BCUT2D eigenvalue weighted by Crippen LogP contribution is -2.29. The maximum Gasteiger partial charge on any atom is 0.221 e. The Morgan fingerprint density at radius 3 is 2.63 bits per heavy atom. The number of amides is 1. The number of para-hydroxylation sites is 1. The van der Waals surface area contributed by atoms with Gasteiger partial charge in [0.05, 0.1) is 0 Å². The van der Waals surface area contributed by atoms with Crippen LogP contribution in [0, 0.1) is 0 Å². The molecule has 1 amide bonds. The molecule has 4 nitrogen and oxygen atoms in total. The lowest BCUT2D eigenvalue weighted by molar-refractivity contribution is -0.114. The molecule has 0 aromatic heterocycles. The molecule has 1 atom stereocenters. The molecule has 1 rings (SSSR count). The van der Waals surface area contributed by atoms with Gasteiger partial charge in [-0.05, 0) is 45.6 Å². The highest BCUT2D eigenvalue weighted by molar-refractivity contribution is 5.89. The van der Waals surface area contributed by atoms with Crippen LogP contribution in [0.4, 0.5) is 5.69 Å². The molecule has 0 fully saturated rings. The molecule has 0 aliphatic carbocycles. The largest absolute Gasteiger partial charge is 0.326 e. The van der Waals surface area contributed by atoms with Crippen LogP contribution in [0.25, 0.3) is 0 Å². The van der Waals surface area contributed by atoms with Gasteiger partial charge in [0.15, 0.2) is 0 Å². The first-order valence-electron chi connectivity index (χ1n) is 6.72. The summed E-state index contributed by atoms with van der Waals surface area (Å²) < 4.78 is 0. The van der Waals surface area contributed by atoms with Gasteiger partial charge in [0.1, 0.15) is 0 Å². The first-order chi connectivity index (χ1) is 8.99. The van der Waals surface area contributed by atoms with E-state index in [4.69, 9.17) is 0 Å². The highest BCUT2D eigenvalue weighted by Gasteiger charge is 2.06. The second-order valence-electron chi connectivity index (χ2n) is 5.21. The van der Waals surface area contributed by atoms with Gasteiger partial charge in [-0.25, -0.2) is 0 Å². The van der Waals surface area contributed by atoms with Crippen molar-refractivity contribution in [3.05, 3.63) is 29.8 Å². The fourth-order valence-electron chi connectivity index (χ4n) is 1.82. The summed E-state index contributed by atoms with van der Waals surface area (Å²) in [5, 5.41) is 6.35. The minimum Gasteiger partial charge on any atom is -0.326 e. The van der Waals surface area contributed by atoms with Crippen molar-refractivity contribution in [3.63, 3.8) is 0 Å². The van der Waals surface area contributed by atoms with E-state index in [9.17, 15) is 4.79 Å². The molecule has 0 aliphatic rings. The second kappa shape index (κ2) is 7.92. The SMILES string of the molecule is CC(=O)Nc1ccccc1CNC(C)CCN(C)C. The van der Waals surface area contributed by atoms with Crippen LogP contribution in [0.2, 0.25) is 0 Å². The highest BCUT2D eigenvalue weighted by atomic mass is 16.1. The Bertz CT molecular complexity index is 404. The van der Waals surface area contributed by atoms with E-state index in [0.29, 0.717) is 6.04 Å². The Morgan fingerprint density at radius 1 is 1.32 bits per heavy atom. The molecule has 1 unspecified atom stereocenters. The van der Waals surface area contributed by atoms with Crippen molar-refractivity contribution in [2.24, 2.45) is 0 Å². The molecule has 0 saturated heterocycles. The topological polar surface area (TPSA) is 44.4 Å². The summed E-state index contributed by atoms with van der Waals surface area (Å²) in [7, 11) is 4.16. The first-order valence-corrected chi connectivity index (χ1v) is 6.72. The smallest absolute Gasteiger partial charge is 0.221 e. The monoisotopic (exact) mass is 263 g/mol. The van der Waals surface area contributed by atoms with Crippen LogP contribution < -0.4 is 10.6 Å². The van der Waals surface area contributed by atoms with Crippen molar-refractivity contribution in [1.29, 1.82) is 0 Å². The van der Waals surface area contributed by atoms with Crippen molar-refractivity contribution in [3.8, 4) is 0 Å². The van der Waals surface area contributed by atoms with Gasteiger partial charge in [-0.2, -0.15) is 0 Å². The molecule has 19 heavy (non-hydrogen) atoms. The van der Waals surface area contributed by atoms with Crippen molar-refractivity contribution >= 4 is 11.6 Å². The van der Waals surface area contributed by atoms with Crippen LogP contribution in [-0.4, -0.2) is 37.5 Å². The summed E-state index contributed by atoms with van der Waals surface area (Å²) in [4.78, 5) is 13.3. The number of rotatable bonds is 7. The van der Waals surface area contributed by atoms with Gasteiger partial charge in [0.25, 0.3) is 0 Å². The summed E-state index contributed by atoms with van der Waals surface area (Å²) in [6, 6.07) is 8.35. The Labute approximate surface area is 116 Å². The van der Waals surface area contributed by atoms with Crippen LogP contribution in [0.1, 0.15) is 25.8 Å². The van der Waals surface area contributed by atoms with E-state index in [1.54, 1.807) is 0 Å². The van der Waals surface area contributed by atoms with E-state index >= 15 is 0 Å². The number of benzene rings is 1. The molecular weight excluding hydrogens is 238 g/mol. The first kappa shape index (κ1) is 15.7. The number of hydrogen-bond donors (Lipinski definition) is 2. The van der Waals surface area contributed by atoms with Crippen molar-refractivity contribution in [2.75, 3.05) is 26.0 Å². The Balaban J connectivity index is 2.50. The van der Waals surface area contributed by atoms with E-state index in [0.717, 1.165) is 30.8 Å². The number of anilines is 1. The molecule has 106 valence electrons. The predicted molar refractivity (Wildman–Crippen MR) is 80.2 cm³/mol. The molecule has 0 aliphatic heterocycles. The molecule has 0 spiro atoms. The summed E-state index contributed by atoms with van der Waals surface area (Å²) in [5.74, 6) is -0.0342. The van der Waals surface area contributed by atoms with Crippen molar-refractivity contribution < 1.29 is 4.79 Å². The molecule has 1 aromatic carbocycles. The summed E-state index contributed by atoms with van der Waals surface area (Å²) in [6.07, 6.45) is 1.11. The normalized spacial score (nSPS) is 12.5. The number of carbonyl (C=O) groups excluding carboxylic acids is 1. The third-order valence-corrected chi connectivity index (χ3v) is 2.98. The average molecular weight is 263 g/mol. The number of hydrogen-bond acceptors (Lipinski definition) is 3. The van der Waals surface area contributed by atoms with Crippen LogP contribution in [0.5, 0.6) is 0 Å². The molecule has 1 aromatic rings. The minimum absolute atomic E-state index is 0.0342. The zero-order valence-corrected chi connectivity index (χ0v) is 12.4. The number of nitrogens with one attached hydrogen (secondary N) is 2. The van der Waals surface area contributed by atoms with E-state index < -0.39 is 0 Å². The molecule has 0 bridgehead atoms. The molecule has 0 radical (unpaired) electrons. The third kappa shape index (κ3) is 6.36. The van der Waals surface area contributed by atoms with Gasteiger partial charge in [-0.15, -0.1) is 0 Å². The van der Waals surface area contributed by atoms with Crippen molar-refractivity contribution in [1.82, 2.24) is 10.2 Å². The zero-order valence-electron chi connectivity index (χ0n) is 12.4. The number of carbonyl (C=O) groups is 1. The van der Waals surface area contributed by atoms with E-state index in [1.807, 2.05) is 24.3 Å². The molecule has 4 heteroatoms. The lowest BCUT2D eigenvalue weighted by atomic mass is 10.1.